The van der Waals surface area contributed by atoms with Crippen molar-refractivity contribution in [2.75, 3.05) is 23.2 Å². The third-order valence-corrected chi connectivity index (χ3v) is 6.02. The maximum atomic E-state index is 12.9. The smallest absolute Gasteiger partial charge is 0.258 e. The lowest BCUT2D eigenvalue weighted by Crippen LogP contribution is -2.16. The first-order chi connectivity index (χ1) is 16.2. The van der Waals surface area contributed by atoms with E-state index >= 15 is 0 Å². The number of rotatable bonds is 6. The van der Waals surface area contributed by atoms with E-state index in [1.54, 1.807) is 36.5 Å². The van der Waals surface area contributed by atoms with Crippen LogP contribution in [0.25, 0.3) is 10.8 Å². The molecule has 1 aliphatic heterocycles. The van der Waals surface area contributed by atoms with Gasteiger partial charge in [-0.1, -0.05) is 42.1 Å². The summed E-state index contributed by atoms with van der Waals surface area (Å²) in [6, 6.07) is 22.3. The van der Waals surface area contributed by atoms with Gasteiger partial charge in [0.15, 0.2) is 11.5 Å². The van der Waals surface area contributed by atoms with Crippen LogP contribution in [0.4, 0.5) is 11.4 Å². The predicted octanol–water partition coefficient (Wildman–Crippen LogP) is 4.95. The van der Waals surface area contributed by atoms with Crippen molar-refractivity contribution in [3.05, 3.63) is 84.6 Å². The van der Waals surface area contributed by atoms with Gasteiger partial charge in [0.2, 0.25) is 12.7 Å². The van der Waals surface area contributed by atoms with Crippen LogP contribution in [0, 0.1) is 0 Å². The van der Waals surface area contributed by atoms with Crippen LogP contribution < -0.4 is 20.1 Å². The highest BCUT2D eigenvalue weighted by Crippen LogP contribution is 2.34. The molecule has 33 heavy (non-hydrogen) atoms. The second kappa shape index (κ2) is 9.22. The van der Waals surface area contributed by atoms with Gasteiger partial charge in [-0.2, -0.15) is 0 Å². The molecule has 0 radical (unpaired) electrons. The van der Waals surface area contributed by atoms with E-state index in [1.165, 1.54) is 11.8 Å². The van der Waals surface area contributed by atoms with E-state index in [4.69, 9.17) is 9.47 Å². The zero-order valence-corrected chi connectivity index (χ0v) is 18.2. The summed E-state index contributed by atoms with van der Waals surface area (Å²) in [6.45, 7) is 0.173. The van der Waals surface area contributed by atoms with E-state index < -0.39 is 0 Å². The fourth-order valence-electron chi connectivity index (χ4n) is 3.45. The van der Waals surface area contributed by atoms with Crippen molar-refractivity contribution in [2.24, 2.45) is 0 Å². The van der Waals surface area contributed by atoms with Crippen molar-refractivity contribution < 1.29 is 19.1 Å². The number of hydrogen-bond acceptors (Lipinski definition) is 6. The molecule has 0 spiro atoms. The van der Waals surface area contributed by atoms with Crippen LogP contribution in [0.3, 0.4) is 0 Å². The molecule has 0 saturated carbocycles. The second-order valence-electron chi connectivity index (χ2n) is 7.28. The number of aromatic nitrogens is 1. The van der Waals surface area contributed by atoms with E-state index in [-0.39, 0.29) is 24.4 Å². The molecule has 5 rings (SSSR count). The number of carbonyl (C=O) groups is 2. The predicted molar refractivity (Wildman–Crippen MR) is 128 cm³/mol. The highest BCUT2D eigenvalue weighted by molar-refractivity contribution is 8.00. The van der Waals surface area contributed by atoms with E-state index in [0.717, 1.165) is 10.8 Å². The average Bonchev–Trinajstić information content (AvgIpc) is 3.31. The van der Waals surface area contributed by atoms with Crippen LogP contribution >= 0.6 is 11.8 Å². The highest BCUT2D eigenvalue weighted by atomic mass is 32.2. The van der Waals surface area contributed by atoms with E-state index in [2.05, 4.69) is 15.6 Å². The van der Waals surface area contributed by atoms with Crippen molar-refractivity contribution in [1.29, 1.82) is 0 Å². The summed E-state index contributed by atoms with van der Waals surface area (Å²) in [5.41, 5.74) is 1.71. The van der Waals surface area contributed by atoms with E-state index in [9.17, 15) is 9.59 Å². The molecule has 0 atom stereocenters. The lowest BCUT2D eigenvalue weighted by Gasteiger charge is -2.10. The summed E-state index contributed by atoms with van der Waals surface area (Å²) in [7, 11) is 0. The fourth-order valence-corrected chi connectivity index (χ4v) is 4.24. The van der Waals surface area contributed by atoms with Gasteiger partial charge in [-0.05, 0) is 47.2 Å². The van der Waals surface area contributed by atoms with Crippen LogP contribution in [0.15, 0.2) is 84.0 Å². The first kappa shape index (κ1) is 20.8. The molecule has 0 unspecified atom stereocenters. The van der Waals surface area contributed by atoms with Crippen molar-refractivity contribution in [1.82, 2.24) is 4.98 Å². The number of nitrogens with one attached hydrogen (secondary N) is 2. The Morgan fingerprint density at radius 2 is 1.64 bits per heavy atom. The summed E-state index contributed by atoms with van der Waals surface area (Å²) in [5, 5.41) is 8.37. The normalized spacial score (nSPS) is 11.9. The van der Waals surface area contributed by atoms with Crippen LogP contribution in [0.5, 0.6) is 11.5 Å². The third-order valence-electron chi connectivity index (χ3n) is 5.02. The number of benzene rings is 3. The molecule has 1 aromatic heterocycles. The Labute approximate surface area is 194 Å². The van der Waals surface area contributed by atoms with E-state index in [1.807, 2.05) is 42.5 Å². The Morgan fingerprint density at radius 3 is 2.55 bits per heavy atom. The summed E-state index contributed by atoms with van der Waals surface area (Å²) < 4.78 is 10.6. The third kappa shape index (κ3) is 4.75. The summed E-state index contributed by atoms with van der Waals surface area (Å²) >= 11 is 1.20. The molecule has 4 aromatic rings. The molecule has 0 bridgehead atoms. The quantitative estimate of drug-likeness (QED) is 0.399. The fraction of sp³-hybridized carbons (Fsp3) is 0.0800. The number of fused-ring (bicyclic) bond motifs is 2. The molecule has 7 nitrogen and oxygen atoms in total. The van der Waals surface area contributed by atoms with Crippen molar-refractivity contribution in [3.63, 3.8) is 0 Å². The second-order valence-corrected chi connectivity index (χ2v) is 8.24. The Kier molecular flexibility index (Phi) is 5.82. The standard InChI is InChI=1S/C25H19N3O4S/c29-23(27-19-9-10-21-22(13-19)32-15-31-21)14-33-25-20(6-3-11-26-25)24(30)28-18-8-7-16-4-1-2-5-17(16)12-18/h1-13H,14-15H2,(H,27,29)(H,28,30). The SMILES string of the molecule is O=C(CSc1ncccc1C(=O)Nc1ccc2ccccc2c1)Nc1ccc2c(c1)OCO2. The van der Waals surface area contributed by atoms with Crippen LogP contribution in [0.2, 0.25) is 0 Å². The van der Waals surface area contributed by atoms with Gasteiger partial charge in [0.05, 0.1) is 11.3 Å². The molecule has 1 aliphatic rings. The minimum Gasteiger partial charge on any atom is -0.454 e. The van der Waals surface area contributed by atoms with Gasteiger partial charge in [-0.3, -0.25) is 9.59 Å². The molecule has 0 fully saturated rings. The van der Waals surface area contributed by atoms with Crippen LogP contribution in [-0.2, 0) is 4.79 Å². The summed E-state index contributed by atoms with van der Waals surface area (Å²) in [6.07, 6.45) is 1.60. The maximum Gasteiger partial charge on any atom is 0.258 e. The van der Waals surface area contributed by atoms with Crippen molar-refractivity contribution in [2.45, 2.75) is 5.03 Å². The first-order valence-electron chi connectivity index (χ1n) is 10.2. The maximum absolute atomic E-state index is 12.9. The number of amides is 2. The zero-order valence-electron chi connectivity index (χ0n) is 17.4. The number of carbonyl (C=O) groups excluding carboxylic acids is 2. The number of hydrogen-bond donors (Lipinski definition) is 2. The molecular formula is C25H19N3O4S. The van der Waals surface area contributed by atoms with Crippen LogP contribution in [0.1, 0.15) is 10.4 Å². The number of nitrogens with zero attached hydrogens (tertiary/aromatic N) is 1. The first-order valence-corrected chi connectivity index (χ1v) is 11.2. The summed E-state index contributed by atoms with van der Waals surface area (Å²) in [4.78, 5) is 29.7. The van der Waals surface area contributed by atoms with Gasteiger partial charge in [0, 0.05) is 23.6 Å². The van der Waals surface area contributed by atoms with Gasteiger partial charge >= 0.3 is 0 Å². The van der Waals surface area contributed by atoms with Crippen molar-refractivity contribution in [3.8, 4) is 11.5 Å². The lowest BCUT2D eigenvalue weighted by molar-refractivity contribution is -0.113. The molecule has 2 amide bonds. The Balaban J connectivity index is 1.24. The number of pyridine rings is 1. The van der Waals surface area contributed by atoms with Gasteiger partial charge in [-0.15, -0.1) is 0 Å². The van der Waals surface area contributed by atoms with Crippen molar-refractivity contribution >= 4 is 45.7 Å². The largest absolute Gasteiger partial charge is 0.454 e. The number of thioether (sulfide) groups is 1. The van der Waals surface area contributed by atoms with Gasteiger partial charge in [-0.25, -0.2) is 4.98 Å². The number of ether oxygens (including phenoxy) is 2. The Bertz CT molecular complexity index is 1360. The van der Waals surface area contributed by atoms with Gasteiger partial charge < -0.3 is 20.1 Å². The summed E-state index contributed by atoms with van der Waals surface area (Å²) in [5.74, 6) is 0.847. The molecule has 3 aromatic carbocycles. The van der Waals surface area contributed by atoms with E-state index in [0.29, 0.717) is 33.5 Å². The molecule has 8 heteroatoms. The molecule has 2 heterocycles. The average molecular weight is 458 g/mol. The van der Waals surface area contributed by atoms with Gasteiger partial charge in [0.25, 0.3) is 5.91 Å². The topological polar surface area (TPSA) is 89.6 Å². The molecule has 0 saturated heterocycles. The highest BCUT2D eigenvalue weighted by Gasteiger charge is 2.16. The molecule has 2 N–H and O–H groups in total. The molecular weight excluding hydrogens is 438 g/mol. The number of anilines is 2. The van der Waals surface area contributed by atoms with Gasteiger partial charge in [0.1, 0.15) is 5.03 Å². The molecule has 0 aliphatic carbocycles. The molecule has 164 valence electrons. The lowest BCUT2D eigenvalue weighted by atomic mass is 10.1. The zero-order chi connectivity index (χ0) is 22.6. The van der Waals surface area contributed by atoms with Crippen LogP contribution in [-0.4, -0.2) is 29.3 Å². The minimum atomic E-state index is -0.280. The monoisotopic (exact) mass is 457 g/mol. The Hall–Kier alpha value is -4.04. The Morgan fingerprint density at radius 1 is 0.848 bits per heavy atom. The minimum absolute atomic E-state index is 0.0989.